The fourth-order valence-corrected chi connectivity index (χ4v) is 3.49. The highest BCUT2D eigenvalue weighted by Crippen LogP contribution is 2.27. The lowest BCUT2D eigenvalue weighted by atomic mass is 10.0. The van der Waals surface area contributed by atoms with Gasteiger partial charge in [0.2, 0.25) is 0 Å². The molecule has 1 amide bonds. The molecule has 5 nitrogen and oxygen atoms in total. The number of halogens is 1. The van der Waals surface area contributed by atoms with Crippen LogP contribution in [0, 0.1) is 0 Å². The van der Waals surface area contributed by atoms with E-state index in [1.54, 1.807) is 13.2 Å². The molecule has 0 aliphatic carbocycles. The number of aromatic nitrogens is 1. The number of hydrazone groups is 1. The number of benzene rings is 3. The van der Waals surface area contributed by atoms with E-state index in [1.807, 2.05) is 79.7 Å². The summed E-state index contributed by atoms with van der Waals surface area (Å²) in [4.78, 5) is 17.9. The number of amides is 1. The molecule has 4 aromatic rings. The second-order valence-corrected chi connectivity index (χ2v) is 7.86. The van der Waals surface area contributed by atoms with Crippen molar-refractivity contribution in [3.8, 4) is 17.0 Å². The summed E-state index contributed by atoms with van der Waals surface area (Å²) in [5.74, 6) is 0.347. The topological polar surface area (TPSA) is 63.6 Å². The zero-order chi connectivity index (χ0) is 21.8. The number of carbonyl (C=O) groups is 1. The molecule has 0 aliphatic rings. The molecule has 1 heterocycles. The molecule has 0 fully saturated rings. The zero-order valence-corrected chi connectivity index (χ0v) is 18.7. The molecule has 154 valence electrons. The van der Waals surface area contributed by atoms with Gasteiger partial charge in [-0.2, -0.15) is 5.10 Å². The largest absolute Gasteiger partial charge is 0.497 e. The predicted molar refractivity (Wildman–Crippen MR) is 128 cm³/mol. The van der Waals surface area contributed by atoms with Crippen LogP contribution in [0.4, 0.5) is 0 Å². The second kappa shape index (κ2) is 9.10. The Morgan fingerprint density at radius 1 is 1.00 bits per heavy atom. The van der Waals surface area contributed by atoms with Gasteiger partial charge in [-0.1, -0.05) is 58.4 Å². The molecule has 0 bridgehead atoms. The van der Waals surface area contributed by atoms with Gasteiger partial charge in [-0.15, -0.1) is 0 Å². The molecule has 0 saturated heterocycles. The summed E-state index contributed by atoms with van der Waals surface area (Å²) in [6.07, 6.45) is 0. The number of ether oxygens (including phenoxy) is 1. The van der Waals surface area contributed by atoms with Crippen molar-refractivity contribution in [2.75, 3.05) is 7.11 Å². The third-order valence-corrected chi connectivity index (χ3v) is 5.45. The lowest BCUT2D eigenvalue weighted by Crippen LogP contribution is -2.20. The maximum atomic E-state index is 13.1. The van der Waals surface area contributed by atoms with E-state index in [2.05, 4.69) is 26.5 Å². The van der Waals surface area contributed by atoms with Crippen LogP contribution in [0.25, 0.3) is 22.2 Å². The summed E-state index contributed by atoms with van der Waals surface area (Å²) in [6, 6.07) is 24.8. The van der Waals surface area contributed by atoms with Crippen LogP contribution in [0.15, 0.2) is 88.4 Å². The van der Waals surface area contributed by atoms with Crippen LogP contribution >= 0.6 is 15.9 Å². The average molecular weight is 474 g/mol. The molecule has 1 aromatic heterocycles. The Morgan fingerprint density at radius 3 is 2.45 bits per heavy atom. The van der Waals surface area contributed by atoms with Crippen molar-refractivity contribution in [1.29, 1.82) is 0 Å². The Labute approximate surface area is 188 Å². The number of hydrogen-bond donors (Lipinski definition) is 1. The minimum atomic E-state index is -0.311. The van der Waals surface area contributed by atoms with E-state index in [4.69, 9.17) is 9.72 Å². The van der Waals surface area contributed by atoms with Gasteiger partial charge in [0, 0.05) is 15.4 Å². The molecule has 0 spiro atoms. The Hall–Kier alpha value is -3.51. The van der Waals surface area contributed by atoms with Gasteiger partial charge in [-0.05, 0) is 48.9 Å². The Bertz CT molecular complexity index is 1270. The van der Waals surface area contributed by atoms with Gasteiger partial charge in [0.25, 0.3) is 5.91 Å². The second-order valence-electron chi connectivity index (χ2n) is 6.95. The average Bonchev–Trinajstić information content (AvgIpc) is 2.82. The molecular formula is C25H20BrN3O2. The molecule has 0 aliphatic heterocycles. The van der Waals surface area contributed by atoms with Gasteiger partial charge >= 0.3 is 0 Å². The van der Waals surface area contributed by atoms with Crippen LogP contribution in [0.5, 0.6) is 5.75 Å². The first-order chi connectivity index (χ1) is 15.0. The number of carbonyl (C=O) groups excluding carboxylic acids is 1. The number of fused-ring (bicyclic) bond motifs is 1. The number of hydrogen-bond acceptors (Lipinski definition) is 4. The Morgan fingerprint density at radius 2 is 1.74 bits per heavy atom. The summed E-state index contributed by atoms with van der Waals surface area (Å²) < 4.78 is 6.33. The van der Waals surface area contributed by atoms with Gasteiger partial charge in [-0.25, -0.2) is 10.4 Å². The summed E-state index contributed by atoms with van der Waals surface area (Å²) in [5.41, 5.74) is 7.17. The van der Waals surface area contributed by atoms with E-state index in [9.17, 15) is 4.79 Å². The number of nitrogens with one attached hydrogen (secondary N) is 1. The van der Waals surface area contributed by atoms with E-state index in [-0.39, 0.29) is 5.91 Å². The number of nitrogens with zero attached hydrogens (tertiary/aromatic N) is 2. The molecule has 0 unspecified atom stereocenters. The highest BCUT2D eigenvalue weighted by atomic mass is 79.9. The summed E-state index contributed by atoms with van der Waals surface area (Å²) >= 11 is 3.42. The standard InChI is InChI=1S/C25H20BrN3O2/c1-16(17-8-10-19(26)11-9-17)28-29-25(30)22-15-24(18-6-4-3-5-7-18)27-23-13-12-20(31-2)14-21(22)23/h3-15H,1-2H3,(H,29,30). The molecule has 0 radical (unpaired) electrons. The zero-order valence-electron chi connectivity index (χ0n) is 17.1. The van der Waals surface area contributed by atoms with Crippen molar-refractivity contribution in [1.82, 2.24) is 10.4 Å². The lowest BCUT2D eigenvalue weighted by Gasteiger charge is -2.11. The van der Waals surface area contributed by atoms with Crippen molar-refractivity contribution in [2.45, 2.75) is 6.92 Å². The van der Waals surface area contributed by atoms with Crippen LogP contribution in [-0.2, 0) is 0 Å². The van der Waals surface area contributed by atoms with Crippen LogP contribution in [-0.4, -0.2) is 23.7 Å². The maximum Gasteiger partial charge on any atom is 0.272 e. The fourth-order valence-electron chi connectivity index (χ4n) is 3.23. The highest BCUT2D eigenvalue weighted by Gasteiger charge is 2.15. The lowest BCUT2D eigenvalue weighted by molar-refractivity contribution is 0.0956. The molecule has 0 atom stereocenters. The smallest absolute Gasteiger partial charge is 0.272 e. The van der Waals surface area contributed by atoms with Crippen molar-refractivity contribution >= 4 is 38.5 Å². The van der Waals surface area contributed by atoms with Crippen LogP contribution < -0.4 is 10.2 Å². The maximum absolute atomic E-state index is 13.1. The first-order valence-corrected chi connectivity index (χ1v) is 10.5. The van der Waals surface area contributed by atoms with Gasteiger partial charge in [0.1, 0.15) is 5.75 Å². The van der Waals surface area contributed by atoms with Gasteiger partial charge in [0.15, 0.2) is 0 Å². The predicted octanol–water partition coefficient (Wildman–Crippen LogP) is 5.83. The quantitative estimate of drug-likeness (QED) is 0.293. The SMILES string of the molecule is COc1ccc2nc(-c3ccccc3)cc(C(=O)NN=C(C)c3ccc(Br)cc3)c2c1. The number of methoxy groups -OCH3 is 1. The molecular weight excluding hydrogens is 454 g/mol. The Kier molecular flexibility index (Phi) is 6.09. The van der Waals surface area contributed by atoms with Gasteiger partial charge in [-0.3, -0.25) is 4.79 Å². The molecule has 1 N–H and O–H groups in total. The van der Waals surface area contributed by atoms with Crippen molar-refractivity contribution in [2.24, 2.45) is 5.10 Å². The first-order valence-electron chi connectivity index (χ1n) is 9.70. The summed E-state index contributed by atoms with van der Waals surface area (Å²) in [6.45, 7) is 1.85. The van der Waals surface area contributed by atoms with E-state index < -0.39 is 0 Å². The third-order valence-electron chi connectivity index (χ3n) is 4.92. The normalized spacial score (nSPS) is 11.4. The van der Waals surface area contributed by atoms with Crippen LogP contribution in [0.1, 0.15) is 22.8 Å². The summed E-state index contributed by atoms with van der Waals surface area (Å²) in [5, 5.41) is 5.00. The van der Waals surface area contributed by atoms with Crippen molar-refractivity contribution in [3.05, 3.63) is 94.5 Å². The highest BCUT2D eigenvalue weighted by molar-refractivity contribution is 9.10. The molecule has 0 saturated carbocycles. The summed E-state index contributed by atoms with van der Waals surface area (Å²) in [7, 11) is 1.60. The monoisotopic (exact) mass is 473 g/mol. The van der Waals surface area contributed by atoms with Crippen molar-refractivity contribution in [3.63, 3.8) is 0 Å². The van der Waals surface area contributed by atoms with E-state index >= 15 is 0 Å². The van der Waals surface area contributed by atoms with Crippen molar-refractivity contribution < 1.29 is 9.53 Å². The minimum Gasteiger partial charge on any atom is -0.497 e. The third kappa shape index (κ3) is 4.64. The molecule has 4 rings (SSSR count). The first kappa shape index (κ1) is 20.8. The van der Waals surface area contributed by atoms with E-state index in [0.29, 0.717) is 27.9 Å². The molecule has 6 heteroatoms. The van der Waals surface area contributed by atoms with E-state index in [0.717, 1.165) is 21.3 Å². The molecule has 3 aromatic carbocycles. The number of pyridine rings is 1. The van der Waals surface area contributed by atoms with Gasteiger partial charge < -0.3 is 4.74 Å². The van der Waals surface area contributed by atoms with Crippen LogP contribution in [0.3, 0.4) is 0 Å². The molecule has 31 heavy (non-hydrogen) atoms. The van der Waals surface area contributed by atoms with E-state index in [1.165, 1.54) is 0 Å². The minimum absolute atomic E-state index is 0.311. The van der Waals surface area contributed by atoms with Crippen LogP contribution in [0.2, 0.25) is 0 Å². The van der Waals surface area contributed by atoms with Gasteiger partial charge in [0.05, 0.1) is 29.6 Å². The number of rotatable bonds is 5. The fraction of sp³-hybridized carbons (Fsp3) is 0.0800. The Balaban J connectivity index is 1.74.